The standard InChI is InChI=1S/C55H63N7O14/c63-45-14-13-44(51(65)60-45)62-52(66)41-4-2-5-42(48(41)55(62)69)57-18-20-71-22-24-73-26-28-75-30-32-76-31-29-74-27-25-72-23-21-70-19-17-56-34-38-15-16-58-49-40(38)3-1-6-43(49)59-50(64)35-9-11-39(12-10-35)61-53(67)46-36-7-8-37(33-36)47(46)54(61)68/h1-12,15-16,36-37,44,46-47,56-57H,13-14,17-34H2,(H,59,64)(H,60,63,65)/t36-,37+,44?,46-,47+. The lowest BCUT2D eigenvalue weighted by atomic mass is 9.85. The van der Waals surface area contributed by atoms with E-state index in [4.69, 9.17) is 33.2 Å². The first-order valence-electron chi connectivity index (χ1n) is 25.9. The molecule has 4 heterocycles. The fourth-order valence-corrected chi connectivity index (χ4v) is 10.3. The van der Waals surface area contributed by atoms with Gasteiger partial charge in [-0.3, -0.25) is 53.7 Å². The fraction of sp³-hybridized carbons (Fsp3) is 0.455. The van der Waals surface area contributed by atoms with E-state index in [1.54, 1.807) is 48.7 Å². The molecule has 4 N–H and O–H groups in total. The van der Waals surface area contributed by atoms with E-state index in [-0.39, 0.29) is 65.4 Å². The quantitative estimate of drug-likeness (QED) is 0.0320. The molecule has 21 nitrogen and oxygen atoms in total. The third kappa shape index (κ3) is 12.7. The van der Waals surface area contributed by atoms with Gasteiger partial charge in [-0.05, 0) is 78.8 Å². The Balaban J connectivity index is 0.537. The summed E-state index contributed by atoms with van der Waals surface area (Å²) in [4.78, 5) is 96.8. The molecule has 21 heteroatoms. The molecular weight excluding hydrogens is 983 g/mol. The molecule has 76 heavy (non-hydrogen) atoms. The van der Waals surface area contributed by atoms with E-state index < -0.39 is 29.7 Å². The second-order valence-corrected chi connectivity index (χ2v) is 18.8. The van der Waals surface area contributed by atoms with E-state index in [9.17, 15) is 33.6 Å². The van der Waals surface area contributed by atoms with Crippen molar-refractivity contribution in [1.82, 2.24) is 20.5 Å². The average molecular weight is 1050 g/mol. The van der Waals surface area contributed by atoms with Crippen molar-refractivity contribution in [2.24, 2.45) is 23.7 Å². The number of carbonyl (C=O) groups is 7. The molecule has 2 saturated heterocycles. The number of benzene rings is 3. The molecule has 3 aromatic carbocycles. The van der Waals surface area contributed by atoms with Crippen LogP contribution in [-0.2, 0) is 58.9 Å². The zero-order valence-corrected chi connectivity index (χ0v) is 42.2. The Morgan fingerprint density at radius 1 is 0.632 bits per heavy atom. The number of hydrogen-bond acceptors (Lipinski definition) is 17. The third-order valence-corrected chi connectivity index (χ3v) is 14.0. The number of hydrogen-bond donors (Lipinski definition) is 4. The highest BCUT2D eigenvalue weighted by Gasteiger charge is 2.59. The van der Waals surface area contributed by atoms with Crippen LogP contribution in [0.4, 0.5) is 17.1 Å². The van der Waals surface area contributed by atoms with Crippen LogP contribution in [0.25, 0.3) is 10.9 Å². The Morgan fingerprint density at radius 3 is 1.80 bits per heavy atom. The molecule has 4 aromatic rings. The predicted molar refractivity (Wildman–Crippen MR) is 275 cm³/mol. The number of rotatable bonds is 31. The van der Waals surface area contributed by atoms with Crippen LogP contribution in [0.5, 0.6) is 0 Å². The van der Waals surface area contributed by atoms with Gasteiger partial charge in [0.25, 0.3) is 17.7 Å². The molecule has 402 valence electrons. The van der Waals surface area contributed by atoms with Crippen molar-refractivity contribution < 1.29 is 66.7 Å². The van der Waals surface area contributed by atoms with Gasteiger partial charge in [0.1, 0.15) is 6.04 Å². The van der Waals surface area contributed by atoms with E-state index in [0.29, 0.717) is 140 Å². The third-order valence-electron chi connectivity index (χ3n) is 14.0. The van der Waals surface area contributed by atoms with Gasteiger partial charge in [0, 0.05) is 48.9 Å². The van der Waals surface area contributed by atoms with Gasteiger partial charge in [0.15, 0.2) is 0 Å². The van der Waals surface area contributed by atoms with Gasteiger partial charge >= 0.3 is 0 Å². The number of pyridine rings is 1. The highest BCUT2D eigenvalue weighted by Crippen LogP contribution is 2.53. The molecule has 3 fully saturated rings. The van der Waals surface area contributed by atoms with Crippen molar-refractivity contribution in [3.63, 3.8) is 0 Å². The molecule has 1 saturated carbocycles. The second kappa shape index (κ2) is 26.3. The normalized spacial score (nSPS) is 20.6. The number of nitrogens with zero attached hydrogens (tertiary/aromatic N) is 3. The van der Waals surface area contributed by atoms with Gasteiger partial charge in [0.05, 0.1) is 132 Å². The average Bonchev–Trinajstić information content (AvgIpc) is 4.22. The van der Waals surface area contributed by atoms with Crippen LogP contribution >= 0.6 is 0 Å². The topological polar surface area (TPSA) is 252 Å². The summed E-state index contributed by atoms with van der Waals surface area (Å²) >= 11 is 0. The van der Waals surface area contributed by atoms with Crippen molar-refractivity contribution in [3.05, 3.63) is 107 Å². The lowest BCUT2D eigenvalue weighted by molar-refractivity contribution is -0.136. The lowest BCUT2D eigenvalue weighted by Crippen LogP contribution is -2.54. The summed E-state index contributed by atoms with van der Waals surface area (Å²) in [5.41, 5.74) is 4.02. The molecule has 5 atom stereocenters. The van der Waals surface area contributed by atoms with Crippen LogP contribution in [-0.4, -0.2) is 163 Å². The van der Waals surface area contributed by atoms with Crippen molar-refractivity contribution >= 4 is 69.3 Å². The number of allylic oxidation sites excluding steroid dienone is 2. The summed E-state index contributed by atoms with van der Waals surface area (Å²) in [6.07, 6.45) is 6.88. The molecule has 0 radical (unpaired) electrons. The molecule has 2 bridgehead atoms. The molecule has 7 amide bonds. The molecule has 1 unspecified atom stereocenters. The number of nitrogens with one attached hydrogen (secondary N) is 4. The first-order valence-corrected chi connectivity index (χ1v) is 25.9. The van der Waals surface area contributed by atoms with Gasteiger partial charge in [-0.25, -0.2) is 0 Å². The number of imide groups is 3. The summed E-state index contributed by atoms with van der Waals surface area (Å²) in [6, 6.07) is 18.1. The molecule has 0 spiro atoms. The highest BCUT2D eigenvalue weighted by molar-refractivity contribution is 6.26. The van der Waals surface area contributed by atoms with Gasteiger partial charge in [-0.2, -0.15) is 0 Å². The Bertz CT molecular complexity index is 2760. The molecule has 9 rings (SSSR count). The molecular formula is C55H63N7O14. The van der Waals surface area contributed by atoms with Gasteiger partial charge < -0.3 is 49.1 Å². The maximum absolute atomic E-state index is 13.4. The minimum absolute atomic E-state index is 0.0564. The summed E-state index contributed by atoms with van der Waals surface area (Å²) in [7, 11) is 0. The minimum atomic E-state index is -1.02. The first-order chi connectivity index (χ1) is 37.2. The Hall–Kier alpha value is -6.82. The predicted octanol–water partition coefficient (Wildman–Crippen LogP) is 3.52. The number of para-hydroxylation sites is 1. The smallest absolute Gasteiger partial charge is 0.264 e. The Labute approximate surface area is 439 Å². The number of aromatic nitrogens is 1. The number of ether oxygens (including phenoxy) is 7. The zero-order valence-electron chi connectivity index (χ0n) is 42.2. The minimum Gasteiger partial charge on any atom is -0.382 e. The number of fused-ring (bicyclic) bond motifs is 7. The van der Waals surface area contributed by atoms with Crippen molar-refractivity contribution in [2.45, 2.75) is 31.8 Å². The highest BCUT2D eigenvalue weighted by atomic mass is 16.6. The number of piperidine rings is 1. The summed E-state index contributed by atoms with van der Waals surface area (Å²) in [5.74, 6) is -3.12. The number of anilines is 3. The summed E-state index contributed by atoms with van der Waals surface area (Å²) < 4.78 is 39.2. The van der Waals surface area contributed by atoms with Gasteiger partial charge in [-0.1, -0.05) is 30.4 Å². The molecule has 5 aliphatic rings. The van der Waals surface area contributed by atoms with Crippen LogP contribution in [0.1, 0.15) is 55.9 Å². The Kier molecular flexibility index (Phi) is 18.7. The van der Waals surface area contributed by atoms with E-state index in [1.165, 1.54) is 4.90 Å². The van der Waals surface area contributed by atoms with Crippen LogP contribution < -0.4 is 26.2 Å². The van der Waals surface area contributed by atoms with E-state index in [0.717, 1.165) is 22.3 Å². The maximum atomic E-state index is 13.4. The molecule has 2 aliphatic carbocycles. The SMILES string of the molecule is O=C1CCC(N2C(=O)c3cccc(NCCOCCOCCOCCOCCOCCOCCOCCNCc4ccnc5c(NC(=O)c6ccc(N7C(=O)[C@@H]8[C@H](C7=O)[C@@H]7C=C[C@H]8C7)cc6)cccc45)c3C2=O)C(=O)N1. The van der Waals surface area contributed by atoms with Gasteiger partial charge in [-0.15, -0.1) is 0 Å². The van der Waals surface area contributed by atoms with Crippen LogP contribution in [0.3, 0.4) is 0 Å². The van der Waals surface area contributed by atoms with Crippen molar-refractivity contribution in [3.8, 4) is 0 Å². The largest absolute Gasteiger partial charge is 0.382 e. The summed E-state index contributed by atoms with van der Waals surface area (Å²) in [6.45, 7) is 7.41. The maximum Gasteiger partial charge on any atom is 0.264 e. The van der Waals surface area contributed by atoms with E-state index >= 15 is 0 Å². The lowest BCUT2D eigenvalue weighted by Gasteiger charge is -2.27. The van der Waals surface area contributed by atoms with Crippen LogP contribution in [0.15, 0.2) is 85.1 Å². The van der Waals surface area contributed by atoms with Crippen molar-refractivity contribution in [1.29, 1.82) is 0 Å². The first kappa shape index (κ1) is 54.0. The number of amides is 7. The van der Waals surface area contributed by atoms with E-state index in [2.05, 4.69) is 38.4 Å². The Morgan fingerprint density at radius 2 is 1.20 bits per heavy atom. The molecule has 1 aromatic heterocycles. The van der Waals surface area contributed by atoms with Crippen molar-refractivity contribution in [2.75, 3.05) is 121 Å². The second-order valence-electron chi connectivity index (χ2n) is 18.8. The van der Waals surface area contributed by atoms with Crippen LogP contribution in [0, 0.1) is 23.7 Å². The van der Waals surface area contributed by atoms with Crippen LogP contribution in [0.2, 0.25) is 0 Å². The zero-order chi connectivity index (χ0) is 52.8. The summed E-state index contributed by atoms with van der Waals surface area (Å²) in [5, 5.41) is 12.6. The molecule has 3 aliphatic heterocycles. The fourth-order valence-electron chi connectivity index (χ4n) is 10.3. The monoisotopic (exact) mass is 1050 g/mol. The number of carbonyl (C=O) groups excluding carboxylic acids is 7. The van der Waals surface area contributed by atoms with E-state index in [1.807, 2.05) is 24.3 Å². The van der Waals surface area contributed by atoms with Gasteiger partial charge in [0.2, 0.25) is 23.6 Å².